The number of hydrogen-bond acceptors (Lipinski definition) is 2. The average molecular weight is 210 g/mol. The van der Waals surface area contributed by atoms with E-state index >= 15 is 0 Å². The highest BCUT2D eigenvalue weighted by molar-refractivity contribution is 5.97. The number of carboxylic acid groups (broad SMARTS) is 1. The number of carboxylic acids is 1. The van der Waals surface area contributed by atoms with Crippen molar-refractivity contribution in [3.05, 3.63) is 35.1 Å². The summed E-state index contributed by atoms with van der Waals surface area (Å²) in [5.41, 5.74) is 0.877. The van der Waals surface area contributed by atoms with Crippen LogP contribution < -0.4 is 0 Å². The van der Waals surface area contributed by atoms with Crippen molar-refractivity contribution in [2.75, 3.05) is 0 Å². The summed E-state index contributed by atoms with van der Waals surface area (Å²) >= 11 is 0. The highest BCUT2D eigenvalue weighted by Crippen LogP contribution is 2.11. The molecule has 0 aliphatic carbocycles. The van der Waals surface area contributed by atoms with E-state index in [9.17, 15) is 14.0 Å². The monoisotopic (exact) mass is 210 g/mol. The van der Waals surface area contributed by atoms with Crippen molar-refractivity contribution in [3.63, 3.8) is 0 Å². The third-order valence-electron chi connectivity index (χ3n) is 1.93. The predicted molar refractivity (Wildman–Crippen MR) is 52.3 cm³/mol. The average Bonchev–Trinajstić information content (AvgIpc) is 2.12. The summed E-state index contributed by atoms with van der Waals surface area (Å²) in [6.45, 7) is 1.68. The van der Waals surface area contributed by atoms with Crippen LogP contribution in [0.2, 0.25) is 0 Å². The van der Waals surface area contributed by atoms with E-state index in [0.29, 0.717) is 5.56 Å². The molecule has 0 saturated carbocycles. The molecule has 1 N–H and O–H groups in total. The topological polar surface area (TPSA) is 54.4 Å². The van der Waals surface area contributed by atoms with Gasteiger partial charge in [-0.2, -0.15) is 0 Å². The van der Waals surface area contributed by atoms with Gasteiger partial charge in [-0.15, -0.1) is 0 Å². The normalized spacial score (nSPS) is 10.0. The van der Waals surface area contributed by atoms with Crippen LogP contribution in [-0.4, -0.2) is 16.9 Å². The Morgan fingerprint density at radius 3 is 2.47 bits per heavy atom. The van der Waals surface area contributed by atoms with Crippen LogP contribution in [0, 0.1) is 12.7 Å². The standard InChI is InChI=1S/C11H11FO3/c1-7-4-8(6-9(12)5-7)10(13)2-3-11(14)15/h4-6H,2-3H2,1H3,(H,14,15). The zero-order chi connectivity index (χ0) is 11.4. The molecule has 0 heterocycles. The lowest BCUT2D eigenvalue weighted by Crippen LogP contribution is -2.04. The van der Waals surface area contributed by atoms with Crippen LogP contribution in [-0.2, 0) is 4.79 Å². The summed E-state index contributed by atoms with van der Waals surface area (Å²) in [5.74, 6) is -1.86. The van der Waals surface area contributed by atoms with Crippen molar-refractivity contribution >= 4 is 11.8 Å². The molecule has 1 rings (SSSR count). The number of halogens is 1. The van der Waals surface area contributed by atoms with Crippen molar-refractivity contribution in [3.8, 4) is 0 Å². The fourth-order valence-corrected chi connectivity index (χ4v) is 1.26. The van der Waals surface area contributed by atoms with E-state index in [4.69, 9.17) is 5.11 Å². The number of aryl methyl sites for hydroxylation is 1. The third-order valence-corrected chi connectivity index (χ3v) is 1.93. The number of benzene rings is 1. The van der Waals surface area contributed by atoms with Gasteiger partial charge in [0.25, 0.3) is 0 Å². The maximum Gasteiger partial charge on any atom is 0.303 e. The Bertz CT molecular complexity index is 379. The Morgan fingerprint density at radius 2 is 1.93 bits per heavy atom. The van der Waals surface area contributed by atoms with Crippen LogP contribution in [0.4, 0.5) is 4.39 Å². The Labute approximate surface area is 86.5 Å². The second kappa shape index (κ2) is 4.68. The van der Waals surface area contributed by atoms with Gasteiger partial charge in [-0.3, -0.25) is 9.59 Å². The smallest absolute Gasteiger partial charge is 0.303 e. The van der Waals surface area contributed by atoms with Gasteiger partial charge in [0.05, 0.1) is 6.42 Å². The highest BCUT2D eigenvalue weighted by atomic mass is 19.1. The van der Waals surface area contributed by atoms with Crippen LogP contribution >= 0.6 is 0 Å². The maximum atomic E-state index is 12.9. The lowest BCUT2D eigenvalue weighted by atomic mass is 10.0. The molecule has 0 unspecified atom stereocenters. The first-order chi connectivity index (χ1) is 6.99. The first-order valence-corrected chi connectivity index (χ1v) is 4.51. The Morgan fingerprint density at radius 1 is 1.27 bits per heavy atom. The number of Topliss-reactive ketones (excluding diaryl/α,β-unsaturated/α-hetero) is 1. The Balaban J connectivity index is 2.77. The van der Waals surface area contributed by atoms with Gasteiger partial charge < -0.3 is 5.11 Å². The number of ketones is 1. The molecule has 0 atom stereocenters. The third kappa shape index (κ3) is 3.50. The summed E-state index contributed by atoms with van der Waals surface area (Å²) < 4.78 is 12.9. The van der Waals surface area contributed by atoms with Gasteiger partial charge in [-0.05, 0) is 30.7 Å². The highest BCUT2D eigenvalue weighted by Gasteiger charge is 2.09. The lowest BCUT2D eigenvalue weighted by Gasteiger charge is -2.01. The lowest BCUT2D eigenvalue weighted by molar-refractivity contribution is -0.136. The van der Waals surface area contributed by atoms with Crippen molar-refractivity contribution in [1.29, 1.82) is 0 Å². The fourth-order valence-electron chi connectivity index (χ4n) is 1.26. The number of rotatable bonds is 4. The predicted octanol–water partition coefficient (Wildman–Crippen LogP) is 2.18. The van der Waals surface area contributed by atoms with E-state index in [0.717, 1.165) is 6.07 Å². The molecule has 0 bridgehead atoms. The number of carbonyl (C=O) groups excluding carboxylic acids is 1. The van der Waals surface area contributed by atoms with Gasteiger partial charge >= 0.3 is 5.97 Å². The Kier molecular flexibility index (Phi) is 3.55. The van der Waals surface area contributed by atoms with Gasteiger partial charge in [0.2, 0.25) is 0 Å². The molecular weight excluding hydrogens is 199 g/mol. The quantitative estimate of drug-likeness (QED) is 0.775. The molecule has 4 heteroatoms. The Hall–Kier alpha value is -1.71. The van der Waals surface area contributed by atoms with Crippen molar-refractivity contribution in [1.82, 2.24) is 0 Å². The van der Waals surface area contributed by atoms with Crippen LogP contribution in [0.5, 0.6) is 0 Å². The summed E-state index contributed by atoms with van der Waals surface area (Å²) in [5, 5.41) is 8.39. The van der Waals surface area contributed by atoms with Gasteiger partial charge in [-0.25, -0.2) is 4.39 Å². The van der Waals surface area contributed by atoms with E-state index in [-0.39, 0.29) is 24.2 Å². The number of hydrogen-bond donors (Lipinski definition) is 1. The van der Waals surface area contributed by atoms with E-state index in [1.54, 1.807) is 13.0 Å². The molecular formula is C11H11FO3. The molecule has 0 fully saturated rings. The molecule has 0 radical (unpaired) electrons. The van der Waals surface area contributed by atoms with E-state index in [2.05, 4.69) is 0 Å². The molecule has 0 amide bonds. The fraction of sp³-hybridized carbons (Fsp3) is 0.273. The minimum Gasteiger partial charge on any atom is -0.481 e. The number of carbonyl (C=O) groups is 2. The zero-order valence-electron chi connectivity index (χ0n) is 8.29. The molecule has 0 aromatic heterocycles. The minimum absolute atomic E-state index is 0.0990. The SMILES string of the molecule is Cc1cc(F)cc(C(=O)CCC(=O)O)c1. The first-order valence-electron chi connectivity index (χ1n) is 4.51. The number of aliphatic carboxylic acids is 1. The van der Waals surface area contributed by atoms with Crippen LogP contribution in [0.1, 0.15) is 28.8 Å². The van der Waals surface area contributed by atoms with Crippen LogP contribution in [0.25, 0.3) is 0 Å². The van der Waals surface area contributed by atoms with E-state index in [1.807, 2.05) is 0 Å². The summed E-state index contributed by atoms with van der Waals surface area (Å²) in [6, 6.07) is 3.98. The molecule has 0 aliphatic heterocycles. The van der Waals surface area contributed by atoms with Crippen LogP contribution in [0.3, 0.4) is 0 Å². The van der Waals surface area contributed by atoms with E-state index < -0.39 is 11.8 Å². The molecule has 3 nitrogen and oxygen atoms in total. The van der Waals surface area contributed by atoms with Gasteiger partial charge in [0.15, 0.2) is 5.78 Å². The molecule has 0 spiro atoms. The molecule has 0 saturated heterocycles. The maximum absolute atomic E-state index is 12.9. The van der Waals surface area contributed by atoms with Gasteiger partial charge in [-0.1, -0.05) is 0 Å². The van der Waals surface area contributed by atoms with Crippen molar-refractivity contribution in [2.45, 2.75) is 19.8 Å². The van der Waals surface area contributed by atoms with Gasteiger partial charge in [0, 0.05) is 12.0 Å². The van der Waals surface area contributed by atoms with Gasteiger partial charge in [0.1, 0.15) is 5.82 Å². The molecule has 80 valence electrons. The largest absolute Gasteiger partial charge is 0.481 e. The first kappa shape index (κ1) is 11.4. The van der Waals surface area contributed by atoms with Crippen molar-refractivity contribution < 1.29 is 19.1 Å². The van der Waals surface area contributed by atoms with Crippen molar-refractivity contribution in [2.24, 2.45) is 0 Å². The van der Waals surface area contributed by atoms with Crippen LogP contribution in [0.15, 0.2) is 18.2 Å². The second-order valence-corrected chi connectivity index (χ2v) is 3.33. The molecule has 15 heavy (non-hydrogen) atoms. The summed E-state index contributed by atoms with van der Waals surface area (Å²) in [6.07, 6.45) is -0.327. The zero-order valence-corrected chi connectivity index (χ0v) is 8.29. The molecule has 1 aromatic carbocycles. The second-order valence-electron chi connectivity index (χ2n) is 3.33. The molecule has 1 aromatic rings. The minimum atomic E-state index is -1.03. The summed E-state index contributed by atoms with van der Waals surface area (Å²) in [7, 11) is 0. The molecule has 0 aliphatic rings. The van der Waals surface area contributed by atoms with E-state index in [1.165, 1.54) is 6.07 Å². The summed E-state index contributed by atoms with van der Waals surface area (Å²) in [4.78, 5) is 21.7.